The minimum absolute atomic E-state index is 0.177. The average molecular weight is 358 g/mol. The minimum Gasteiger partial charge on any atom is -0.444 e. The van der Waals surface area contributed by atoms with Gasteiger partial charge in [0, 0.05) is 19.3 Å². The lowest BCUT2D eigenvalue weighted by Gasteiger charge is -2.32. The highest BCUT2D eigenvalue weighted by Gasteiger charge is 2.25. The van der Waals surface area contributed by atoms with E-state index in [2.05, 4.69) is 20.9 Å². The van der Waals surface area contributed by atoms with Crippen molar-refractivity contribution >= 4 is 27.9 Å². The summed E-state index contributed by atoms with van der Waals surface area (Å²) in [5.74, 6) is -0.472. The van der Waals surface area contributed by atoms with E-state index in [9.17, 15) is 9.59 Å². The highest BCUT2D eigenvalue weighted by molar-refractivity contribution is 9.10. The summed E-state index contributed by atoms with van der Waals surface area (Å²) >= 11 is 3.08. The third-order valence-electron chi connectivity index (χ3n) is 2.53. The second kappa shape index (κ2) is 7.40. The summed E-state index contributed by atoms with van der Waals surface area (Å²) in [6, 6.07) is 3.27. The molecule has 0 aromatic carbocycles. The van der Waals surface area contributed by atoms with E-state index in [0.29, 0.717) is 10.2 Å². The standard InChI is InChI=1S/C8H15NO2.C6H5BrN2O/c1-8(2,3)11-7(10)9-5-4-6-9;7-5-4(6(8)10)2-1-3-9-5/h4-6H2,1-3H3;1-3H,(H2,8,10). The van der Waals surface area contributed by atoms with Crippen LogP contribution in [0, 0.1) is 0 Å². The van der Waals surface area contributed by atoms with E-state index in [0.717, 1.165) is 19.5 Å². The molecular formula is C14H20BrN3O3. The van der Waals surface area contributed by atoms with Crippen LogP contribution in [0.1, 0.15) is 37.6 Å². The van der Waals surface area contributed by atoms with Crippen molar-refractivity contribution in [2.75, 3.05) is 13.1 Å². The molecule has 6 nitrogen and oxygen atoms in total. The van der Waals surface area contributed by atoms with E-state index < -0.39 is 5.91 Å². The molecule has 1 aromatic heterocycles. The maximum absolute atomic E-state index is 11.1. The Bertz CT molecular complexity index is 510. The molecule has 1 fully saturated rings. The van der Waals surface area contributed by atoms with Crippen LogP contribution in [-0.2, 0) is 4.74 Å². The molecule has 2 N–H and O–H groups in total. The van der Waals surface area contributed by atoms with E-state index in [-0.39, 0.29) is 11.7 Å². The monoisotopic (exact) mass is 357 g/mol. The number of carbonyl (C=O) groups is 2. The van der Waals surface area contributed by atoms with Crippen LogP contribution in [0.25, 0.3) is 0 Å². The Morgan fingerprint density at radius 3 is 2.33 bits per heavy atom. The number of carbonyl (C=O) groups excluding carboxylic acids is 2. The number of nitrogens with zero attached hydrogens (tertiary/aromatic N) is 2. The molecule has 21 heavy (non-hydrogen) atoms. The third-order valence-corrected chi connectivity index (χ3v) is 3.16. The Morgan fingerprint density at radius 2 is 2.00 bits per heavy atom. The second-order valence-electron chi connectivity index (χ2n) is 5.53. The van der Waals surface area contributed by atoms with Crippen LogP contribution >= 0.6 is 15.9 Å². The van der Waals surface area contributed by atoms with Gasteiger partial charge in [-0.1, -0.05) is 0 Å². The number of halogens is 1. The number of aromatic nitrogens is 1. The quantitative estimate of drug-likeness (QED) is 0.782. The van der Waals surface area contributed by atoms with Gasteiger partial charge in [0.2, 0.25) is 0 Å². The summed E-state index contributed by atoms with van der Waals surface area (Å²) in [4.78, 5) is 27.2. The van der Waals surface area contributed by atoms with Crippen molar-refractivity contribution in [3.05, 3.63) is 28.5 Å². The normalized spacial score (nSPS) is 13.6. The molecule has 2 amide bonds. The van der Waals surface area contributed by atoms with Crippen LogP contribution in [0.2, 0.25) is 0 Å². The van der Waals surface area contributed by atoms with Crippen molar-refractivity contribution in [1.82, 2.24) is 9.88 Å². The number of amides is 2. The minimum atomic E-state index is -0.472. The van der Waals surface area contributed by atoms with Crippen molar-refractivity contribution < 1.29 is 14.3 Å². The number of pyridine rings is 1. The van der Waals surface area contributed by atoms with Crippen molar-refractivity contribution in [3.63, 3.8) is 0 Å². The molecule has 0 radical (unpaired) electrons. The van der Waals surface area contributed by atoms with E-state index >= 15 is 0 Å². The molecule has 2 heterocycles. The van der Waals surface area contributed by atoms with Crippen LogP contribution in [0.15, 0.2) is 22.9 Å². The fourth-order valence-corrected chi connectivity index (χ4v) is 1.84. The number of rotatable bonds is 1. The molecule has 116 valence electrons. The van der Waals surface area contributed by atoms with Crippen molar-refractivity contribution in [2.45, 2.75) is 32.8 Å². The first kappa shape index (κ1) is 17.4. The van der Waals surface area contributed by atoms with Crippen LogP contribution in [0.5, 0.6) is 0 Å². The molecule has 2 rings (SSSR count). The van der Waals surface area contributed by atoms with Crippen molar-refractivity contribution in [3.8, 4) is 0 Å². The second-order valence-corrected chi connectivity index (χ2v) is 6.28. The smallest absolute Gasteiger partial charge is 0.410 e. The molecule has 1 aliphatic rings. The largest absolute Gasteiger partial charge is 0.444 e. The highest BCUT2D eigenvalue weighted by Crippen LogP contribution is 2.14. The predicted octanol–water partition coefficient (Wildman–Crippen LogP) is 2.57. The molecule has 0 unspecified atom stereocenters. The van der Waals surface area contributed by atoms with Gasteiger partial charge in [-0.25, -0.2) is 9.78 Å². The molecule has 1 aromatic rings. The first-order valence-corrected chi connectivity index (χ1v) is 7.38. The number of hydrogen-bond donors (Lipinski definition) is 1. The zero-order valence-corrected chi connectivity index (χ0v) is 14.0. The number of likely N-dealkylation sites (tertiary alicyclic amines) is 1. The fourth-order valence-electron chi connectivity index (χ4n) is 1.40. The molecule has 0 atom stereocenters. The third kappa shape index (κ3) is 6.12. The summed E-state index contributed by atoms with van der Waals surface area (Å²) in [6.45, 7) is 7.35. The lowest BCUT2D eigenvalue weighted by Crippen LogP contribution is -2.44. The van der Waals surface area contributed by atoms with E-state index in [1.807, 2.05) is 20.8 Å². The SMILES string of the molecule is CC(C)(C)OC(=O)N1CCC1.NC(=O)c1cccnc1Br. The van der Waals surface area contributed by atoms with Gasteiger partial charge < -0.3 is 15.4 Å². The van der Waals surface area contributed by atoms with Gasteiger partial charge >= 0.3 is 6.09 Å². The van der Waals surface area contributed by atoms with Gasteiger partial charge in [-0.15, -0.1) is 0 Å². The Morgan fingerprint density at radius 1 is 1.38 bits per heavy atom. The molecular weight excluding hydrogens is 338 g/mol. The van der Waals surface area contributed by atoms with Gasteiger partial charge in [0.25, 0.3) is 5.91 Å². The van der Waals surface area contributed by atoms with Gasteiger partial charge in [-0.2, -0.15) is 0 Å². The Labute approximate surface area is 132 Å². The first-order chi connectivity index (χ1) is 9.70. The molecule has 0 aliphatic carbocycles. The van der Waals surface area contributed by atoms with Gasteiger partial charge in [-0.05, 0) is 55.3 Å². The van der Waals surface area contributed by atoms with Crippen LogP contribution in [0.3, 0.4) is 0 Å². The molecule has 0 saturated carbocycles. The summed E-state index contributed by atoms with van der Waals surface area (Å²) in [6.07, 6.45) is 2.51. The van der Waals surface area contributed by atoms with E-state index in [4.69, 9.17) is 10.5 Å². The predicted molar refractivity (Wildman–Crippen MR) is 82.9 cm³/mol. The molecule has 1 saturated heterocycles. The Kier molecular flexibility index (Phi) is 6.14. The van der Waals surface area contributed by atoms with E-state index in [1.165, 1.54) is 0 Å². The molecule has 7 heteroatoms. The number of ether oxygens (including phenoxy) is 1. The summed E-state index contributed by atoms with van der Waals surface area (Å²) in [5, 5.41) is 0. The van der Waals surface area contributed by atoms with Crippen molar-refractivity contribution in [1.29, 1.82) is 0 Å². The summed E-state index contributed by atoms with van der Waals surface area (Å²) in [7, 11) is 0. The highest BCUT2D eigenvalue weighted by atomic mass is 79.9. The van der Waals surface area contributed by atoms with Gasteiger partial charge in [0.05, 0.1) is 5.56 Å². The van der Waals surface area contributed by atoms with Crippen LogP contribution in [0.4, 0.5) is 4.79 Å². The lowest BCUT2D eigenvalue weighted by atomic mass is 10.2. The summed E-state index contributed by atoms with van der Waals surface area (Å²) in [5.41, 5.74) is 5.06. The lowest BCUT2D eigenvalue weighted by molar-refractivity contribution is 0.0131. The van der Waals surface area contributed by atoms with Gasteiger partial charge in [-0.3, -0.25) is 4.79 Å². The molecule has 1 aliphatic heterocycles. The topological polar surface area (TPSA) is 85.5 Å². The Balaban J connectivity index is 0.000000211. The van der Waals surface area contributed by atoms with E-state index in [1.54, 1.807) is 23.2 Å². The maximum Gasteiger partial charge on any atom is 0.410 e. The van der Waals surface area contributed by atoms with Gasteiger partial charge in [0.1, 0.15) is 10.2 Å². The number of primary amides is 1. The summed E-state index contributed by atoms with van der Waals surface area (Å²) < 4.78 is 5.62. The molecule has 0 spiro atoms. The average Bonchev–Trinajstić information content (AvgIpc) is 2.24. The number of nitrogens with two attached hydrogens (primary N) is 1. The van der Waals surface area contributed by atoms with Crippen molar-refractivity contribution in [2.24, 2.45) is 5.73 Å². The fraction of sp³-hybridized carbons (Fsp3) is 0.500. The Hall–Kier alpha value is -1.63. The molecule has 0 bridgehead atoms. The first-order valence-electron chi connectivity index (χ1n) is 6.59. The zero-order valence-electron chi connectivity index (χ0n) is 12.4. The van der Waals surface area contributed by atoms with Gasteiger partial charge in [0.15, 0.2) is 0 Å². The van der Waals surface area contributed by atoms with Crippen LogP contribution in [-0.4, -0.2) is 40.6 Å². The maximum atomic E-state index is 11.1. The number of hydrogen-bond acceptors (Lipinski definition) is 4. The van der Waals surface area contributed by atoms with Crippen LogP contribution < -0.4 is 5.73 Å². The zero-order chi connectivity index (χ0) is 16.0.